The maximum Gasteiger partial charge on any atom is 0.326 e. The van der Waals surface area contributed by atoms with Crippen molar-refractivity contribution in [1.82, 2.24) is 9.80 Å². The zero-order valence-corrected chi connectivity index (χ0v) is 12.0. The Labute approximate surface area is 119 Å². The van der Waals surface area contributed by atoms with E-state index < -0.39 is 12.0 Å². The molecule has 3 unspecified atom stereocenters. The summed E-state index contributed by atoms with van der Waals surface area (Å²) in [6.45, 7) is 3.88. The van der Waals surface area contributed by atoms with Crippen LogP contribution in [0.4, 0.5) is 4.79 Å². The van der Waals surface area contributed by atoms with Gasteiger partial charge in [-0.3, -0.25) is 0 Å². The topological polar surface area (TPSA) is 81.1 Å². The summed E-state index contributed by atoms with van der Waals surface area (Å²) in [6.07, 6.45) is 3.42. The van der Waals surface area contributed by atoms with Crippen molar-refractivity contribution in [2.45, 2.75) is 38.6 Å². The van der Waals surface area contributed by atoms with E-state index in [1.54, 1.807) is 4.90 Å². The van der Waals surface area contributed by atoms with E-state index in [9.17, 15) is 14.7 Å². The fraction of sp³-hybridized carbons (Fsp3) is 0.857. The Morgan fingerprint density at radius 1 is 1.25 bits per heavy atom. The zero-order chi connectivity index (χ0) is 14.7. The van der Waals surface area contributed by atoms with Crippen molar-refractivity contribution in [3.63, 3.8) is 0 Å². The molecular formula is C14H24N2O4. The van der Waals surface area contributed by atoms with Crippen LogP contribution in [0.3, 0.4) is 0 Å². The van der Waals surface area contributed by atoms with Gasteiger partial charge in [0.1, 0.15) is 6.04 Å². The van der Waals surface area contributed by atoms with E-state index >= 15 is 0 Å². The second-order valence-corrected chi connectivity index (χ2v) is 5.99. The van der Waals surface area contributed by atoms with Crippen LogP contribution >= 0.6 is 0 Å². The van der Waals surface area contributed by atoms with Gasteiger partial charge in [-0.05, 0) is 37.5 Å². The van der Waals surface area contributed by atoms with Crippen LogP contribution in [0.25, 0.3) is 0 Å². The molecule has 0 aromatic rings. The van der Waals surface area contributed by atoms with Gasteiger partial charge in [0.2, 0.25) is 0 Å². The maximum atomic E-state index is 12.5. The Balaban J connectivity index is 2.01. The number of nitrogens with zero attached hydrogens (tertiary/aromatic N) is 2. The number of aliphatic carboxylic acids is 1. The number of carboxylic acid groups (broad SMARTS) is 1. The third-order valence-corrected chi connectivity index (χ3v) is 4.53. The summed E-state index contributed by atoms with van der Waals surface area (Å²) in [4.78, 5) is 27.1. The van der Waals surface area contributed by atoms with Crippen molar-refractivity contribution in [2.75, 3.05) is 26.2 Å². The normalized spacial score (nSPS) is 30.6. The molecule has 3 atom stereocenters. The van der Waals surface area contributed by atoms with Crippen LogP contribution in [0.2, 0.25) is 0 Å². The van der Waals surface area contributed by atoms with Gasteiger partial charge >= 0.3 is 12.0 Å². The summed E-state index contributed by atoms with van der Waals surface area (Å²) < 4.78 is 0. The SMILES string of the molecule is CC1CCN(C(=O)N2CCCC(CCO)C2)C1C(=O)O. The second-order valence-electron chi connectivity index (χ2n) is 5.99. The molecule has 2 N–H and O–H groups in total. The lowest BCUT2D eigenvalue weighted by atomic mass is 9.95. The number of carbonyl (C=O) groups is 2. The lowest BCUT2D eigenvalue weighted by Gasteiger charge is -2.36. The average molecular weight is 284 g/mol. The molecule has 0 spiro atoms. The van der Waals surface area contributed by atoms with Crippen LogP contribution in [0, 0.1) is 11.8 Å². The predicted octanol–water partition coefficient (Wildman–Crippen LogP) is 0.996. The number of piperidine rings is 1. The first kappa shape index (κ1) is 15.1. The van der Waals surface area contributed by atoms with Gasteiger partial charge in [-0.2, -0.15) is 0 Å². The fourth-order valence-electron chi connectivity index (χ4n) is 3.38. The average Bonchev–Trinajstić information content (AvgIpc) is 2.80. The molecule has 0 aromatic carbocycles. The van der Waals surface area contributed by atoms with Crippen molar-refractivity contribution >= 4 is 12.0 Å². The molecule has 2 amide bonds. The second kappa shape index (κ2) is 6.43. The van der Waals surface area contributed by atoms with Gasteiger partial charge in [-0.1, -0.05) is 6.92 Å². The highest BCUT2D eigenvalue weighted by Gasteiger charge is 2.41. The zero-order valence-electron chi connectivity index (χ0n) is 12.0. The number of hydrogen-bond donors (Lipinski definition) is 2. The van der Waals surface area contributed by atoms with Crippen LogP contribution in [0.5, 0.6) is 0 Å². The Hall–Kier alpha value is -1.30. The summed E-state index contributed by atoms with van der Waals surface area (Å²) in [5, 5.41) is 18.3. The highest BCUT2D eigenvalue weighted by atomic mass is 16.4. The largest absolute Gasteiger partial charge is 0.480 e. The molecular weight excluding hydrogens is 260 g/mol. The van der Waals surface area contributed by atoms with Gasteiger partial charge in [0.15, 0.2) is 0 Å². The Bertz CT molecular complexity index is 372. The molecule has 2 aliphatic heterocycles. The first-order chi connectivity index (χ1) is 9.54. The molecule has 0 radical (unpaired) electrons. The summed E-state index contributed by atoms with van der Waals surface area (Å²) >= 11 is 0. The van der Waals surface area contributed by atoms with Gasteiger partial charge in [-0.25, -0.2) is 9.59 Å². The van der Waals surface area contributed by atoms with E-state index in [-0.39, 0.29) is 18.6 Å². The van der Waals surface area contributed by atoms with Gasteiger partial charge in [-0.15, -0.1) is 0 Å². The van der Waals surface area contributed by atoms with Crippen LogP contribution in [-0.4, -0.2) is 64.3 Å². The molecule has 2 rings (SSSR count). The third kappa shape index (κ3) is 3.06. The molecule has 0 bridgehead atoms. The van der Waals surface area contributed by atoms with Crippen LogP contribution in [0.1, 0.15) is 32.6 Å². The fourth-order valence-corrected chi connectivity index (χ4v) is 3.38. The van der Waals surface area contributed by atoms with Crippen LogP contribution in [-0.2, 0) is 4.79 Å². The smallest absolute Gasteiger partial charge is 0.326 e. The first-order valence-electron chi connectivity index (χ1n) is 7.43. The highest BCUT2D eigenvalue weighted by molar-refractivity contribution is 5.83. The number of urea groups is 1. The minimum atomic E-state index is -0.910. The van der Waals surface area contributed by atoms with E-state index in [0.29, 0.717) is 32.0 Å². The van der Waals surface area contributed by atoms with Crippen LogP contribution < -0.4 is 0 Å². The minimum Gasteiger partial charge on any atom is -0.480 e. The van der Waals surface area contributed by atoms with Crippen molar-refractivity contribution in [2.24, 2.45) is 11.8 Å². The lowest BCUT2D eigenvalue weighted by Crippen LogP contribution is -2.51. The van der Waals surface area contributed by atoms with Crippen molar-refractivity contribution < 1.29 is 19.8 Å². The number of aliphatic hydroxyl groups is 1. The first-order valence-corrected chi connectivity index (χ1v) is 7.43. The van der Waals surface area contributed by atoms with Gasteiger partial charge in [0, 0.05) is 26.2 Å². The van der Waals surface area contributed by atoms with Gasteiger partial charge < -0.3 is 20.0 Å². The number of amides is 2. The van der Waals surface area contributed by atoms with Crippen LogP contribution in [0.15, 0.2) is 0 Å². The quantitative estimate of drug-likeness (QED) is 0.810. The molecule has 2 fully saturated rings. The highest BCUT2D eigenvalue weighted by Crippen LogP contribution is 2.27. The van der Waals surface area contributed by atoms with Gasteiger partial charge in [0.25, 0.3) is 0 Å². The molecule has 2 aliphatic rings. The molecule has 2 saturated heterocycles. The minimum absolute atomic E-state index is 0.00878. The molecule has 6 nitrogen and oxygen atoms in total. The summed E-state index contributed by atoms with van der Waals surface area (Å²) in [5.74, 6) is -0.567. The molecule has 20 heavy (non-hydrogen) atoms. The summed E-state index contributed by atoms with van der Waals surface area (Å²) in [7, 11) is 0. The van der Waals surface area contributed by atoms with Crippen molar-refractivity contribution in [3.05, 3.63) is 0 Å². The summed E-state index contributed by atoms with van der Waals surface area (Å²) in [5.41, 5.74) is 0. The van der Waals surface area contributed by atoms with E-state index in [4.69, 9.17) is 5.11 Å². The number of likely N-dealkylation sites (tertiary alicyclic amines) is 2. The third-order valence-electron chi connectivity index (χ3n) is 4.53. The van der Waals surface area contributed by atoms with E-state index in [0.717, 1.165) is 19.3 Å². The monoisotopic (exact) mass is 284 g/mol. The molecule has 0 saturated carbocycles. The van der Waals surface area contributed by atoms with Crippen molar-refractivity contribution in [3.8, 4) is 0 Å². The standard InChI is InChI=1S/C14H24N2O4/c1-10-4-7-16(12(10)13(18)19)14(20)15-6-2-3-11(9-15)5-8-17/h10-12,17H,2-9H2,1H3,(H,18,19). The lowest BCUT2D eigenvalue weighted by molar-refractivity contribution is -0.142. The Kier molecular flexibility index (Phi) is 4.86. The Morgan fingerprint density at radius 2 is 2.00 bits per heavy atom. The van der Waals surface area contributed by atoms with E-state index in [1.165, 1.54) is 4.90 Å². The predicted molar refractivity (Wildman–Crippen MR) is 73.3 cm³/mol. The van der Waals surface area contributed by atoms with E-state index in [1.807, 2.05) is 6.92 Å². The maximum absolute atomic E-state index is 12.5. The molecule has 6 heteroatoms. The number of carbonyl (C=O) groups excluding carboxylic acids is 1. The van der Waals surface area contributed by atoms with E-state index in [2.05, 4.69) is 0 Å². The Morgan fingerprint density at radius 3 is 2.65 bits per heavy atom. The molecule has 0 aromatic heterocycles. The molecule has 0 aliphatic carbocycles. The number of rotatable bonds is 3. The number of carboxylic acids is 1. The number of aliphatic hydroxyl groups excluding tert-OH is 1. The molecule has 114 valence electrons. The van der Waals surface area contributed by atoms with Gasteiger partial charge in [0.05, 0.1) is 0 Å². The number of hydrogen-bond acceptors (Lipinski definition) is 3. The molecule has 2 heterocycles. The summed E-state index contributed by atoms with van der Waals surface area (Å²) in [6, 6.07) is -0.842. The van der Waals surface area contributed by atoms with Crippen molar-refractivity contribution in [1.29, 1.82) is 0 Å².